The van der Waals surface area contributed by atoms with Crippen molar-refractivity contribution in [2.75, 3.05) is 26.0 Å². The Morgan fingerprint density at radius 3 is 2.56 bits per heavy atom. The molecule has 18 heavy (non-hydrogen) atoms. The molecule has 0 unspecified atom stereocenters. The van der Waals surface area contributed by atoms with Crippen LogP contribution in [0.1, 0.15) is 5.56 Å². The fraction of sp³-hybridized carbons (Fsp3) is 0.333. The molecule has 6 heteroatoms. The van der Waals surface area contributed by atoms with Crippen LogP contribution in [0.5, 0.6) is 0 Å². The highest BCUT2D eigenvalue weighted by Crippen LogP contribution is 2.22. The number of urea groups is 1. The largest absolute Gasteiger partial charge is 0.347 e. The molecule has 0 fully saturated rings. The molecule has 2 N–H and O–H groups in total. The highest BCUT2D eigenvalue weighted by atomic mass is 35.5. The van der Waals surface area contributed by atoms with Gasteiger partial charge in [-0.2, -0.15) is 0 Å². The maximum Gasteiger partial charge on any atom is 0.319 e. The van der Waals surface area contributed by atoms with Gasteiger partial charge >= 0.3 is 6.03 Å². The maximum atomic E-state index is 11.5. The fourth-order valence-corrected chi connectivity index (χ4v) is 1.48. The fourth-order valence-electron chi connectivity index (χ4n) is 1.20. The summed E-state index contributed by atoms with van der Waals surface area (Å²) >= 11 is 5.97. The lowest BCUT2D eigenvalue weighted by molar-refractivity contribution is -0.127. The topological polar surface area (TPSA) is 61.4 Å². The quantitative estimate of drug-likeness (QED) is 0.880. The molecule has 0 aliphatic heterocycles. The van der Waals surface area contributed by atoms with Crippen LogP contribution in [-0.2, 0) is 4.79 Å². The Morgan fingerprint density at radius 2 is 2.00 bits per heavy atom. The van der Waals surface area contributed by atoms with Gasteiger partial charge in [-0.15, -0.1) is 0 Å². The zero-order valence-corrected chi connectivity index (χ0v) is 11.3. The number of carbonyl (C=O) groups is 2. The van der Waals surface area contributed by atoms with Crippen LogP contribution in [0.4, 0.5) is 10.5 Å². The van der Waals surface area contributed by atoms with E-state index >= 15 is 0 Å². The van der Waals surface area contributed by atoms with Crippen molar-refractivity contribution in [1.29, 1.82) is 0 Å². The molecule has 0 atom stereocenters. The number of hydrogen-bond acceptors (Lipinski definition) is 2. The van der Waals surface area contributed by atoms with Gasteiger partial charge in [0.1, 0.15) is 0 Å². The normalized spacial score (nSPS) is 9.78. The van der Waals surface area contributed by atoms with Crippen LogP contribution in [0.15, 0.2) is 18.2 Å². The van der Waals surface area contributed by atoms with Gasteiger partial charge in [-0.05, 0) is 24.6 Å². The second-order valence-electron chi connectivity index (χ2n) is 4.08. The summed E-state index contributed by atoms with van der Waals surface area (Å²) in [6, 6.07) is 4.84. The summed E-state index contributed by atoms with van der Waals surface area (Å²) < 4.78 is 0. The Kier molecular flexibility index (Phi) is 4.97. The molecule has 5 nitrogen and oxygen atoms in total. The van der Waals surface area contributed by atoms with Crippen LogP contribution < -0.4 is 10.6 Å². The Hall–Kier alpha value is -1.75. The Balaban J connectivity index is 2.52. The number of aryl methyl sites for hydroxylation is 1. The highest BCUT2D eigenvalue weighted by Gasteiger charge is 2.08. The van der Waals surface area contributed by atoms with Crippen molar-refractivity contribution in [2.45, 2.75) is 6.92 Å². The molecule has 1 rings (SSSR count). The highest BCUT2D eigenvalue weighted by molar-refractivity contribution is 6.33. The predicted molar refractivity (Wildman–Crippen MR) is 71.9 cm³/mol. The molecule has 0 saturated heterocycles. The number of benzene rings is 1. The van der Waals surface area contributed by atoms with Crippen LogP contribution in [0, 0.1) is 6.92 Å². The van der Waals surface area contributed by atoms with Gasteiger partial charge in [0.2, 0.25) is 5.91 Å². The van der Waals surface area contributed by atoms with E-state index in [4.69, 9.17) is 11.6 Å². The first-order chi connectivity index (χ1) is 8.40. The number of anilines is 1. The molecule has 0 aromatic heterocycles. The van der Waals surface area contributed by atoms with E-state index in [2.05, 4.69) is 10.6 Å². The minimum absolute atomic E-state index is 0.0533. The summed E-state index contributed by atoms with van der Waals surface area (Å²) in [7, 11) is 3.25. The number of amides is 3. The first-order valence-electron chi connectivity index (χ1n) is 5.41. The summed E-state index contributed by atoms with van der Waals surface area (Å²) in [6.07, 6.45) is 0. The van der Waals surface area contributed by atoms with Crippen molar-refractivity contribution >= 4 is 29.2 Å². The molecule has 0 bridgehead atoms. The number of likely N-dealkylation sites (N-methyl/N-ethyl adjacent to an activating group) is 1. The first kappa shape index (κ1) is 14.3. The molecule has 0 radical (unpaired) electrons. The van der Waals surface area contributed by atoms with E-state index in [9.17, 15) is 9.59 Å². The molecular weight excluding hydrogens is 254 g/mol. The minimum Gasteiger partial charge on any atom is -0.347 e. The van der Waals surface area contributed by atoms with Gasteiger partial charge in [-0.3, -0.25) is 4.79 Å². The van der Waals surface area contributed by atoms with Crippen LogP contribution in [-0.4, -0.2) is 37.5 Å². The third-order valence-corrected chi connectivity index (χ3v) is 2.58. The van der Waals surface area contributed by atoms with Crippen molar-refractivity contribution in [2.24, 2.45) is 0 Å². The summed E-state index contributed by atoms with van der Waals surface area (Å²) in [5.74, 6) is -0.180. The van der Waals surface area contributed by atoms with Gasteiger partial charge in [-0.25, -0.2) is 4.79 Å². The zero-order chi connectivity index (χ0) is 13.7. The summed E-state index contributed by atoms with van der Waals surface area (Å²) in [5.41, 5.74) is 1.52. The number of rotatable bonds is 3. The van der Waals surface area contributed by atoms with Gasteiger partial charge in [0.25, 0.3) is 0 Å². The van der Waals surface area contributed by atoms with E-state index in [1.54, 1.807) is 26.2 Å². The standard InChI is InChI=1S/C12H16ClN3O2/c1-8-4-5-10(9(13)6-8)15-12(18)14-7-11(17)16(2)3/h4-6H,7H2,1-3H3,(H2,14,15,18). The van der Waals surface area contributed by atoms with E-state index in [-0.39, 0.29) is 12.5 Å². The van der Waals surface area contributed by atoms with E-state index in [0.29, 0.717) is 10.7 Å². The van der Waals surface area contributed by atoms with Gasteiger partial charge in [0.05, 0.1) is 17.3 Å². The van der Waals surface area contributed by atoms with E-state index in [1.807, 2.05) is 13.0 Å². The molecule has 0 heterocycles. The van der Waals surface area contributed by atoms with Crippen LogP contribution in [0.2, 0.25) is 5.02 Å². The average molecular weight is 270 g/mol. The number of nitrogens with one attached hydrogen (secondary N) is 2. The maximum absolute atomic E-state index is 11.5. The number of nitrogens with zero attached hydrogens (tertiary/aromatic N) is 1. The van der Waals surface area contributed by atoms with Crippen LogP contribution in [0.3, 0.4) is 0 Å². The molecule has 0 aliphatic carbocycles. The minimum atomic E-state index is -0.462. The van der Waals surface area contributed by atoms with Gasteiger partial charge in [-0.1, -0.05) is 17.7 Å². The Morgan fingerprint density at radius 1 is 1.33 bits per heavy atom. The SMILES string of the molecule is Cc1ccc(NC(=O)NCC(=O)N(C)C)c(Cl)c1. The van der Waals surface area contributed by atoms with E-state index in [1.165, 1.54) is 4.90 Å². The Labute approximate surface area is 111 Å². The lowest BCUT2D eigenvalue weighted by atomic mass is 10.2. The third kappa shape index (κ3) is 4.25. The molecule has 1 aromatic rings. The van der Waals surface area contributed by atoms with Gasteiger partial charge in [0, 0.05) is 14.1 Å². The molecule has 3 amide bonds. The molecule has 0 spiro atoms. The zero-order valence-electron chi connectivity index (χ0n) is 10.6. The van der Waals surface area contributed by atoms with Crippen LogP contribution >= 0.6 is 11.6 Å². The predicted octanol–water partition coefficient (Wildman–Crippen LogP) is 1.86. The molecule has 0 aliphatic rings. The first-order valence-corrected chi connectivity index (χ1v) is 5.79. The van der Waals surface area contributed by atoms with Crippen molar-refractivity contribution in [3.8, 4) is 0 Å². The van der Waals surface area contributed by atoms with Gasteiger partial charge in [0.15, 0.2) is 0 Å². The summed E-state index contributed by atoms with van der Waals surface area (Å²) in [6.45, 7) is 1.85. The molecule has 98 valence electrons. The van der Waals surface area contributed by atoms with Crippen molar-refractivity contribution in [3.63, 3.8) is 0 Å². The lowest BCUT2D eigenvalue weighted by Gasteiger charge is -2.12. The molecular formula is C12H16ClN3O2. The van der Waals surface area contributed by atoms with Crippen molar-refractivity contribution in [3.05, 3.63) is 28.8 Å². The molecule has 1 aromatic carbocycles. The Bertz CT molecular complexity index is 461. The number of hydrogen-bond donors (Lipinski definition) is 2. The third-order valence-electron chi connectivity index (χ3n) is 2.27. The van der Waals surface area contributed by atoms with E-state index < -0.39 is 6.03 Å². The summed E-state index contributed by atoms with van der Waals surface area (Å²) in [4.78, 5) is 24.2. The average Bonchev–Trinajstić information content (AvgIpc) is 2.29. The molecule has 0 saturated carbocycles. The lowest BCUT2D eigenvalue weighted by Crippen LogP contribution is -2.38. The van der Waals surface area contributed by atoms with Gasteiger partial charge < -0.3 is 15.5 Å². The second-order valence-corrected chi connectivity index (χ2v) is 4.49. The smallest absolute Gasteiger partial charge is 0.319 e. The number of halogens is 1. The van der Waals surface area contributed by atoms with Crippen molar-refractivity contribution in [1.82, 2.24) is 10.2 Å². The monoisotopic (exact) mass is 269 g/mol. The van der Waals surface area contributed by atoms with Crippen molar-refractivity contribution < 1.29 is 9.59 Å². The summed E-state index contributed by atoms with van der Waals surface area (Å²) in [5, 5.41) is 5.50. The second kappa shape index (κ2) is 6.26. The van der Waals surface area contributed by atoms with E-state index in [0.717, 1.165) is 5.56 Å². The number of carbonyl (C=O) groups excluding carboxylic acids is 2. The van der Waals surface area contributed by atoms with Crippen LogP contribution in [0.25, 0.3) is 0 Å².